The molecule has 5 nitrogen and oxygen atoms in total. The summed E-state index contributed by atoms with van der Waals surface area (Å²) in [6.45, 7) is 1.71. The number of hydrogen-bond donors (Lipinski definition) is 1. The van der Waals surface area contributed by atoms with E-state index in [0.717, 1.165) is 29.1 Å². The maximum Gasteiger partial charge on any atom is 0.318 e. The molecule has 3 aromatic rings. The van der Waals surface area contributed by atoms with Crippen LogP contribution in [0.5, 0.6) is 5.75 Å². The largest absolute Gasteiger partial charge is 0.481 e. The number of terminal acetylenes is 1. The van der Waals surface area contributed by atoms with Gasteiger partial charge in [-0.2, -0.15) is 0 Å². The minimum absolute atomic E-state index is 0.126. The van der Waals surface area contributed by atoms with Crippen LogP contribution < -0.4 is 10.1 Å². The van der Waals surface area contributed by atoms with Crippen molar-refractivity contribution < 1.29 is 13.9 Å². The smallest absolute Gasteiger partial charge is 0.318 e. The van der Waals surface area contributed by atoms with Crippen LogP contribution in [0.3, 0.4) is 0 Å². The molecule has 0 saturated heterocycles. The van der Waals surface area contributed by atoms with Crippen molar-refractivity contribution in [2.24, 2.45) is 0 Å². The lowest BCUT2D eigenvalue weighted by Crippen LogP contribution is -2.39. The zero-order valence-corrected chi connectivity index (χ0v) is 16.2. The van der Waals surface area contributed by atoms with Gasteiger partial charge in [0.05, 0.1) is 12.8 Å². The summed E-state index contributed by atoms with van der Waals surface area (Å²) in [5, 5.41) is 3.00. The molecule has 5 heteroatoms. The molecule has 0 aliphatic heterocycles. The van der Waals surface area contributed by atoms with Gasteiger partial charge in [-0.05, 0) is 41.8 Å². The Balaban J connectivity index is 1.54. The Kier molecular flexibility index (Phi) is 7.36. The number of hydrogen-bond acceptors (Lipinski definition) is 3. The van der Waals surface area contributed by atoms with Crippen LogP contribution in [0.2, 0.25) is 0 Å². The maximum atomic E-state index is 12.8. The van der Waals surface area contributed by atoms with Crippen LogP contribution in [0.1, 0.15) is 16.9 Å². The molecule has 148 valence electrons. The zero-order valence-electron chi connectivity index (χ0n) is 16.2. The lowest BCUT2D eigenvalue weighted by Gasteiger charge is -2.22. The monoisotopic (exact) mass is 388 g/mol. The van der Waals surface area contributed by atoms with E-state index in [4.69, 9.17) is 15.6 Å². The lowest BCUT2D eigenvalue weighted by atomic mass is 10.1. The molecule has 1 aromatic heterocycles. The van der Waals surface area contributed by atoms with Crippen molar-refractivity contribution in [2.45, 2.75) is 19.5 Å². The predicted molar refractivity (Wildman–Crippen MR) is 112 cm³/mol. The highest BCUT2D eigenvalue weighted by Gasteiger charge is 2.15. The molecule has 0 saturated carbocycles. The van der Waals surface area contributed by atoms with Crippen molar-refractivity contribution in [1.29, 1.82) is 0 Å². The summed E-state index contributed by atoms with van der Waals surface area (Å²) in [7, 11) is 0. The first-order valence-corrected chi connectivity index (χ1v) is 9.49. The number of carbonyl (C=O) groups excluding carboxylic acids is 1. The van der Waals surface area contributed by atoms with E-state index in [0.29, 0.717) is 19.6 Å². The van der Waals surface area contributed by atoms with E-state index in [9.17, 15) is 4.79 Å². The molecule has 2 amide bonds. The number of carbonyl (C=O) groups is 1. The van der Waals surface area contributed by atoms with Crippen molar-refractivity contribution in [2.75, 3.05) is 13.2 Å². The molecule has 1 N–H and O–H groups in total. The fourth-order valence-corrected chi connectivity index (χ4v) is 2.90. The van der Waals surface area contributed by atoms with Gasteiger partial charge in [0, 0.05) is 13.1 Å². The molecular weight excluding hydrogens is 364 g/mol. The molecule has 2 aromatic carbocycles. The molecule has 29 heavy (non-hydrogen) atoms. The first kappa shape index (κ1) is 20.1. The predicted octanol–water partition coefficient (Wildman–Crippen LogP) is 4.25. The summed E-state index contributed by atoms with van der Waals surface area (Å²) in [6.07, 6.45) is 7.53. The van der Waals surface area contributed by atoms with Gasteiger partial charge in [0.25, 0.3) is 0 Å². The standard InChI is InChI=1S/C24H24N2O3/c1-2-16-28-22-12-10-20(11-13-22)14-15-25-24(27)26(19-23-9-6-17-29-23)18-21-7-4-3-5-8-21/h1,3-13,17H,14-16,18-19H2,(H,25,27). The number of urea groups is 1. The van der Waals surface area contributed by atoms with E-state index in [1.54, 1.807) is 11.2 Å². The summed E-state index contributed by atoms with van der Waals surface area (Å²) < 4.78 is 10.8. The summed E-state index contributed by atoms with van der Waals surface area (Å²) in [5.41, 5.74) is 2.18. The topological polar surface area (TPSA) is 54.7 Å². The van der Waals surface area contributed by atoms with Crippen LogP contribution in [-0.2, 0) is 19.5 Å². The van der Waals surface area contributed by atoms with E-state index in [1.165, 1.54) is 0 Å². The number of nitrogens with zero attached hydrogens (tertiary/aromatic N) is 1. The first-order valence-electron chi connectivity index (χ1n) is 9.49. The number of furan rings is 1. The third kappa shape index (κ3) is 6.47. The molecule has 0 aliphatic rings. The summed E-state index contributed by atoms with van der Waals surface area (Å²) in [6, 6.07) is 21.2. The average Bonchev–Trinajstić information content (AvgIpc) is 3.26. The molecule has 0 bridgehead atoms. The van der Waals surface area contributed by atoms with Gasteiger partial charge < -0.3 is 19.4 Å². The summed E-state index contributed by atoms with van der Waals surface area (Å²) in [4.78, 5) is 14.5. The third-order valence-electron chi connectivity index (χ3n) is 4.37. The Bertz CT molecular complexity index is 913. The van der Waals surface area contributed by atoms with Crippen LogP contribution in [-0.4, -0.2) is 24.1 Å². The van der Waals surface area contributed by atoms with Gasteiger partial charge in [-0.15, -0.1) is 6.42 Å². The third-order valence-corrected chi connectivity index (χ3v) is 4.37. The molecule has 0 radical (unpaired) electrons. The molecule has 1 heterocycles. The Morgan fingerprint density at radius 2 is 1.79 bits per heavy atom. The second-order valence-corrected chi connectivity index (χ2v) is 6.54. The second-order valence-electron chi connectivity index (χ2n) is 6.54. The van der Waals surface area contributed by atoms with Crippen LogP contribution in [0, 0.1) is 12.3 Å². The van der Waals surface area contributed by atoms with Crippen molar-refractivity contribution in [1.82, 2.24) is 10.2 Å². The number of amides is 2. The van der Waals surface area contributed by atoms with Crippen LogP contribution in [0.15, 0.2) is 77.4 Å². The number of ether oxygens (including phenoxy) is 1. The fraction of sp³-hybridized carbons (Fsp3) is 0.208. The maximum absolute atomic E-state index is 12.8. The molecule has 0 aliphatic carbocycles. The van der Waals surface area contributed by atoms with Crippen molar-refractivity contribution in [3.63, 3.8) is 0 Å². The molecule has 0 spiro atoms. The quantitative estimate of drug-likeness (QED) is 0.558. The Morgan fingerprint density at radius 1 is 1.00 bits per heavy atom. The van der Waals surface area contributed by atoms with Crippen LogP contribution in [0.4, 0.5) is 4.79 Å². The molecule has 0 fully saturated rings. The van der Waals surface area contributed by atoms with Crippen LogP contribution >= 0.6 is 0 Å². The number of nitrogens with one attached hydrogen (secondary N) is 1. The zero-order chi connectivity index (χ0) is 20.3. The van der Waals surface area contributed by atoms with Gasteiger partial charge in [-0.3, -0.25) is 0 Å². The molecule has 0 unspecified atom stereocenters. The molecule has 0 atom stereocenters. The molecular formula is C24H24N2O3. The highest BCUT2D eigenvalue weighted by atomic mass is 16.5. The number of rotatable bonds is 9. The Morgan fingerprint density at radius 3 is 2.48 bits per heavy atom. The van der Waals surface area contributed by atoms with Crippen molar-refractivity contribution in [3.8, 4) is 18.1 Å². The van der Waals surface area contributed by atoms with Gasteiger partial charge in [0.1, 0.15) is 18.1 Å². The van der Waals surface area contributed by atoms with Gasteiger partial charge >= 0.3 is 6.03 Å². The van der Waals surface area contributed by atoms with Crippen molar-refractivity contribution >= 4 is 6.03 Å². The van der Waals surface area contributed by atoms with Gasteiger partial charge in [-0.25, -0.2) is 4.79 Å². The van der Waals surface area contributed by atoms with E-state index < -0.39 is 0 Å². The van der Waals surface area contributed by atoms with Gasteiger partial charge in [-0.1, -0.05) is 48.4 Å². The fourth-order valence-electron chi connectivity index (χ4n) is 2.90. The minimum atomic E-state index is -0.126. The Labute approximate surface area is 171 Å². The Hall–Kier alpha value is -3.65. The average molecular weight is 388 g/mol. The SMILES string of the molecule is C#CCOc1ccc(CCNC(=O)N(Cc2ccccc2)Cc2ccco2)cc1. The normalized spacial score (nSPS) is 10.2. The second kappa shape index (κ2) is 10.6. The first-order chi connectivity index (χ1) is 14.2. The van der Waals surface area contributed by atoms with Crippen molar-refractivity contribution in [3.05, 3.63) is 89.9 Å². The van der Waals surface area contributed by atoms with E-state index in [2.05, 4.69) is 11.2 Å². The highest BCUT2D eigenvalue weighted by Crippen LogP contribution is 2.13. The molecule has 3 rings (SSSR count). The number of benzene rings is 2. The lowest BCUT2D eigenvalue weighted by molar-refractivity contribution is 0.187. The van der Waals surface area contributed by atoms with Gasteiger partial charge in [0.2, 0.25) is 0 Å². The van der Waals surface area contributed by atoms with E-state index in [1.807, 2.05) is 66.7 Å². The summed E-state index contributed by atoms with van der Waals surface area (Å²) >= 11 is 0. The van der Waals surface area contributed by atoms with Crippen LogP contribution in [0.25, 0.3) is 0 Å². The summed E-state index contributed by atoms with van der Waals surface area (Å²) in [5.74, 6) is 3.93. The van der Waals surface area contributed by atoms with Gasteiger partial charge in [0.15, 0.2) is 0 Å². The van der Waals surface area contributed by atoms with E-state index >= 15 is 0 Å². The van der Waals surface area contributed by atoms with E-state index in [-0.39, 0.29) is 12.6 Å². The highest BCUT2D eigenvalue weighted by molar-refractivity contribution is 5.74. The minimum Gasteiger partial charge on any atom is -0.481 e.